The van der Waals surface area contributed by atoms with E-state index in [4.69, 9.17) is 0 Å². The van der Waals surface area contributed by atoms with E-state index in [-0.39, 0.29) is 0 Å². The van der Waals surface area contributed by atoms with Crippen molar-refractivity contribution in [1.82, 2.24) is 9.47 Å². The molecule has 1 aromatic carbocycles. The summed E-state index contributed by atoms with van der Waals surface area (Å²) in [6, 6.07) is 8.47. The number of para-hydroxylation sites is 1. The van der Waals surface area contributed by atoms with Crippen LogP contribution in [0, 0.1) is 0 Å². The largest absolute Gasteiger partial charge is 0.345 e. The standard InChI is InChI=1S/C14H18N2O/c1-11(15(2)3)8-16-9-12(10-17)13-6-4-5-7-14(13)16/h4-7,9-11H,8H2,1-3H3. The second-order valence-corrected chi connectivity index (χ2v) is 4.68. The van der Waals surface area contributed by atoms with E-state index in [1.54, 1.807) is 0 Å². The minimum Gasteiger partial charge on any atom is -0.345 e. The Balaban J connectivity index is 2.44. The number of aromatic nitrogens is 1. The van der Waals surface area contributed by atoms with Gasteiger partial charge in [0, 0.05) is 35.2 Å². The van der Waals surface area contributed by atoms with E-state index >= 15 is 0 Å². The van der Waals surface area contributed by atoms with Crippen LogP contribution in [0.4, 0.5) is 0 Å². The first kappa shape index (κ1) is 11.9. The van der Waals surface area contributed by atoms with Gasteiger partial charge in [-0.2, -0.15) is 0 Å². The SMILES string of the molecule is CC(Cn1cc(C=O)c2ccccc21)N(C)C. The maximum Gasteiger partial charge on any atom is 0.152 e. The zero-order valence-corrected chi connectivity index (χ0v) is 10.6. The highest BCUT2D eigenvalue weighted by Crippen LogP contribution is 2.20. The average molecular weight is 230 g/mol. The lowest BCUT2D eigenvalue weighted by Crippen LogP contribution is -2.28. The summed E-state index contributed by atoms with van der Waals surface area (Å²) in [5.74, 6) is 0. The van der Waals surface area contributed by atoms with E-state index in [1.165, 1.54) is 0 Å². The molecular weight excluding hydrogens is 212 g/mol. The third-order valence-electron chi connectivity index (χ3n) is 3.29. The second kappa shape index (κ2) is 4.72. The lowest BCUT2D eigenvalue weighted by Gasteiger charge is -2.20. The van der Waals surface area contributed by atoms with Crippen LogP contribution in [-0.4, -0.2) is 35.9 Å². The van der Waals surface area contributed by atoms with Crippen LogP contribution >= 0.6 is 0 Å². The molecule has 1 atom stereocenters. The van der Waals surface area contributed by atoms with Gasteiger partial charge in [0.2, 0.25) is 0 Å². The summed E-state index contributed by atoms with van der Waals surface area (Å²) in [5, 5.41) is 1.04. The average Bonchev–Trinajstić information content (AvgIpc) is 2.68. The van der Waals surface area contributed by atoms with Crippen LogP contribution in [0.3, 0.4) is 0 Å². The van der Waals surface area contributed by atoms with Gasteiger partial charge in [-0.15, -0.1) is 0 Å². The Hall–Kier alpha value is -1.61. The van der Waals surface area contributed by atoms with Crippen molar-refractivity contribution in [3.8, 4) is 0 Å². The summed E-state index contributed by atoms with van der Waals surface area (Å²) < 4.78 is 2.16. The Morgan fingerprint density at radius 1 is 1.35 bits per heavy atom. The predicted molar refractivity (Wildman–Crippen MR) is 70.5 cm³/mol. The first-order valence-corrected chi connectivity index (χ1v) is 5.83. The quantitative estimate of drug-likeness (QED) is 0.754. The molecule has 0 N–H and O–H groups in total. The molecule has 0 fully saturated rings. The maximum absolute atomic E-state index is 11.0. The van der Waals surface area contributed by atoms with Gasteiger partial charge in [-0.25, -0.2) is 0 Å². The Labute approximate surface area is 102 Å². The van der Waals surface area contributed by atoms with Gasteiger partial charge in [-0.05, 0) is 27.1 Å². The third-order valence-corrected chi connectivity index (χ3v) is 3.29. The van der Waals surface area contributed by atoms with Gasteiger partial charge in [0.1, 0.15) is 0 Å². The number of carbonyl (C=O) groups is 1. The van der Waals surface area contributed by atoms with Crippen LogP contribution in [0.2, 0.25) is 0 Å². The molecule has 1 aromatic heterocycles. The summed E-state index contributed by atoms with van der Waals surface area (Å²) in [5.41, 5.74) is 1.90. The summed E-state index contributed by atoms with van der Waals surface area (Å²) in [4.78, 5) is 13.2. The molecule has 90 valence electrons. The fourth-order valence-electron chi connectivity index (χ4n) is 1.97. The van der Waals surface area contributed by atoms with Crippen molar-refractivity contribution in [2.24, 2.45) is 0 Å². The van der Waals surface area contributed by atoms with Gasteiger partial charge in [0.05, 0.1) is 0 Å². The molecule has 0 bridgehead atoms. The van der Waals surface area contributed by atoms with Gasteiger partial charge < -0.3 is 9.47 Å². The highest BCUT2D eigenvalue weighted by atomic mass is 16.1. The highest BCUT2D eigenvalue weighted by Gasteiger charge is 2.10. The van der Waals surface area contributed by atoms with Crippen molar-refractivity contribution >= 4 is 17.2 Å². The molecule has 0 aliphatic rings. The molecule has 1 unspecified atom stereocenters. The fraction of sp³-hybridized carbons (Fsp3) is 0.357. The summed E-state index contributed by atoms with van der Waals surface area (Å²) >= 11 is 0. The number of benzene rings is 1. The molecule has 0 aliphatic heterocycles. The Morgan fingerprint density at radius 2 is 2.06 bits per heavy atom. The number of hydrogen-bond donors (Lipinski definition) is 0. The van der Waals surface area contributed by atoms with Gasteiger partial charge in [-0.1, -0.05) is 18.2 Å². The van der Waals surface area contributed by atoms with Crippen LogP contribution in [0.15, 0.2) is 30.5 Å². The summed E-state index contributed by atoms with van der Waals surface area (Å²) in [7, 11) is 4.13. The van der Waals surface area contributed by atoms with Gasteiger partial charge in [0.25, 0.3) is 0 Å². The van der Waals surface area contributed by atoms with Crippen LogP contribution in [0.5, 0.6) is 0 Å². The maximum atomic E-state index is 11.0. The fourth-order valence-corrected chi connectivity index (χ4v) is 1.97. The molecule has 3 heteroatoms. The molecule has 17 heavy (non-hydrogen) atoms. The van der Waals surface area contributed by atoms with Gasteiger partial charge in [-0.3, -0.25) is 4.79 Å². The van der Waals surface area contributed by atoms with Crippen LogP contribution in [-0.2, 0) is 6.54 Å². The number of aldehydes is 1. The molecule has 0 amide bonds. The van der Waals surface area contributed by atoms with E-state index in [0.29, 0.717) is 6.04 Å². The van der Waals surface area contributed by atoms with E-state index < -0.39 is 0 Å². The topological polar surface area (TPSA) is 25.2 Å². The van der Waals surface area contributed by atoms with E-state index in [0.717, 1.165) is 29.3 Å². The molecule has 0 aliphatic carbocycles. The Bertz CT molecular complexity index is 528. The number of rotatable bonds is 4. The molecule has 0 saturated carbocycles. The minimum absolute atomic E-state index is 0.435. The predicted octanol–water partition coefficient (Wildman–Crippen LogP) is 2.40. The molecule has 2 rings (SSSR count). The molecule has 0 saturated heterocycles. The molecule has 3 nitrogen and oxygen atoms in total. The van der Waals surface area contributed by atoms with Crippen molar-refractivity contribution in [2.45, 2.75) is 19.5 Å². The molecule has 1 heterocycles. The smallest absolute Gasteiger partial charge is 0.152 e. The molecular formula is C14H18N2O. The number of carbonyl (C=O) groups excluding carboxylic acids is 1. The molecule has 0 spiro atoms. The highest BCUT2D eigenvalue weighted by molar-refractivity contribution is 5.97. The zero-order valence-electron chi connectivity index (χ0n) is 10.6. The first-order chi connectivity index (χ1) is 8.13. The van der Waals surface area contributed by atoms with E-state index in [2.05, 4.69) is 36.6 Å². The Kier molecular flexibility index (Phi) is 3.29. The molecule has 2 aromatic rings. The second-order valence-electron chi connectivity index (χ2n) is 4.68. The van der Waals surface area contributed by atoms with Gasteiger partial charge in [0.15, 0.2) is 6.29 Å². The van der Waals surface area contributed by atoms with Crippen molar-refractivity contribution in [3.05, 3.63) is 36.0 Å². The number of fused-ring (bicyclic) bond motifs is 1. The lowest BCUT2D eigenvalue weighted by atomic mass is 10.2. The minimum atomic E-state index is 0.435. The first-order valence-electron chi connectivity index (χ1n) is 5.83. The monoisotopic (exact) mass is 230 g/mol. The van der Waals surface area contributed by atoms with Crippen molar-refractivity contribution in [2.75, 3.05) is 14.1 Å². The van der Waals surface area contributed by atoms with Crippen molar-refractivity contribution < 1.29 is 4.79 Å². The zero-order chi connectivity index (χ0) is 12.4. The van der Waals surface area contributed by atoms with E-state index in [9.17, 15) is 4.79 Å². The van der Waals surface area contributed by atoms with Crippen LogP contribution in [0.1, 0.15) is 17.3 Å². The summed E-state index contributed by atoms with van der Waals surface area (Å²) in [6.07, 6.45) is 2.87. The van der Waals surface area contributed by atoms with E-state index in [1.807, 2.05) is 24.4 Å². The number of hydrogen-bond acceptors (Lipinski definition) is 2. The van der Waals surface area contributed by atoms with Crippen molar-refractivity contribution in [1.29, 1.82) is 0 Å². The molecule has 0 radical (unpaired) electrons. The summed E-state index contributed by atoms with van der Waals surface area (Å²) in [6.45, 7) is 3.07. The number of likely N-dealkylation sites (N-methyl/N-ethyl adjacent to an activating group) is 1. The third kappa shape index (κ3) is 2.24. The lowest BCUT2D eigenvalue weighted by molar-refractivity contribution is 0.112. The Morgan fingerprint density at radius 3 is 2.71 bits per heavy atom. The van der Waals surface area contributed by atoms with Gasteiger partial charge >= 0.3 is 0 Å². The normalized spacial score (nSPS) is 13.2. The van der Waals surface area contributed by atoms with Crippen LogP contribution in [0.25, 0.3) is 10.9 Å². The van der Waals surface area contributed by atoms with Crippen molar-refractivity contribution in [3.63, 3.8) is 0 Å². The number of nitrogens with zero attached hydrogens (tertiary/aromatic N) is 2. The van der Waals surface area contributed by atoms with Crippen LogP contribution < -0.4 is 0 Å².